The average molecular weight is 306 g/mol. The van der Waals surface area contributed by atoms with Gasteiger partial charge in [0.25, 0.3) is 0 Å². The normalized spacial score (nSPS) is 10.5. The largest absolute Gasteiger partial charge is 0.504 e. The molecule has 1 aromatic carbocycles. The second-order valence-corrected chi connectivity index (χ2v) is 5.49. The van der Waals surface area contributed by atoms with Crippen LogP contribution in [0.5, 0.6) is 11.5 Å². The van der Waals surface area contributed by atoms with E-state index >= 15 is 0 Å². The molecule has 0 aliphatic rings. The minimum atomic E-state index is -0.150. The van der Waals surface area contributed by atoms with Gasteiger partial charge in [0, 0.05) is 12.0 Å². The molecule has 0 spiro atoms. The molecule has 122 valence electrons. The quantitative estimate of drug-likeness (QED) is 0.370. The maximum Gasteiger partial charge on any atom is 0.171 e. The van der Waals surface area contributed by atoms with Crippen LogP contribution in [0.3, 0.4) is 0 Å². The zero-order valence-electron chi connectivity index (χ0n) is 13.6. The number of carbonyl (C=O) groups excluding carboxylic acids is 2. The molecular weight excluding hydrogens is 280 g/mol. The molecule has 0 saturated carbocycles. The van der Waals surface area contributed by atoms with Crippen LogP contribution in [0, 0.1) is 0 Å². The van der Waals surface area contributed by atoms with Crippen LogP contribution in [0.15, 0.2) is 12.1 Å². The Morgan fingerprint density at radius 1 is 1.14 bits per heavy atom. The molecule has 1 N–H and O–H groups in total. The van der Waals surface area contributed by atoms with Gasteiger partial charge in [-0.25, -0.2) is 0 Å². The Bertz CT molecular complexity index is 494. The van der Waals surface area contributed by atoms with Gasteiger partial charge in [-0.2, -0.15) is 0 Å². The van der Waals surface area contributed by atoms with E-state index in [1.807, 2.05) is 0 Å². The number of phenolic OH excluding ortho intramolecular Hbond substituents is 1. The highest BCUT2D eigenvalue weighted by atomic mass is 16.5. The number of aldehydes is 1. The Morgan fingerprint density at radius 3 is 2.36 bits per heavy atom. The Labute approximate surface area is 132 Å². The summed E-state index contributed by atoms with van der Waals surface area (Å²) < 4.78 is 5.08. The number of unbranched alkanes of at least 4 members (excludes halogenated alkanes) is 6. The van der Waals surface area contributed by atoms with Gasteiger partial charge in [0.15, 0.2) is 23.6 Å². The standard InChI is InChI=1S/C18H26O4/c1-3-4-5-6-7-8-9-10-15(20)17-14(13-19)11-12-16(21)18(17)22-2/h11-13,21H,3-10H2,1-2H3. The molecule has 4 heteroatoms. The summed E-state index contributed by atoms with van der Waals surface area (Å²) in [5.41, 5.74) is 0.464. The summed E-state index contributed by atoms with van der Waals surface area (Å²) in [4.78, 5) is 23.4. The van der Waals surface area contributed by atoms with Gasteiger partial charge in [0.2, 0.25) is 0 Å². The van der Waals surface area contributed by atoms with Crippen LogP contribution in [0.2, 0.25) is 0 Å². The number of hydrogen-bond donors (Lipinski definition) is 1. The van der Waals surface area contributed by atoms with E-state index < -0.39 is 0 Å². The average Bonchev–Trinajstić information content (AvgIpc) is 2.53. The lowest BCUT2D eigenvalue weighted by molar-refractivity contribution is 0.0969. The van der Waals surface area contributed by atoms with Crippen LogP contribution in [0.25, 0.3) is 0 Å². The second kappa shape index (κ2) is 9.98. The molecule has 0 saturated heterocycles. The molecule has 0 fully saturated rings. The van der Waals surface area contributed by atoms with Gasteiger partial charge < -0.3 is 9.84 Å². The molecule has 0 atom stereocenters. The highest BCUT2D eigenvalue weighted by molar-refractivity contribution is 6.05. The first-order valence-corrected chi connectivity index (χ1v) is 8.04. The zero-order chi connectivity index (χ0) is 16.4. The minimum Gasteiger partial charge on any atom is -0.504 e. The second-order valence-electron chi connectivity index (χ2n) is 5.49. The highest BCUT2D eigenvalue weighted by Gasteiger charge is 2.19. The molecule has 0 aromatic heterocycles. The molecule has 22 heavy (non-hydrogen) atoms. The van der Waals surface area contributed by atoms with Gasteiger partial charge in [0.05, 0.1) is 12.7 Å². The number of Topliss-reactive ketones (excluding diaryl/α,β-unsaturated/α-hetero) is 1. The molecular formula is C18H26O4. The molecule has 4 nitrogen and oxygen atoms in total. The van der Waals surface area contributed by atoms with Gasteiger partial charge in [-0.15, -0.1) is 0 Å². The van der Waals surface area contributed by atoms with Gasteiger partial charge in [-0.1, -0.05) is 45.4 Å². The summed E-state index contributed by atoms with van der Waals surface area (Å²) >= 11 is 0. The third-order valence-corrected chi connectivity index (χ3v) is 3.79. The summed E-state index contributed by atoms with van der Waals surface area (Å²) in [6.07, 6.45) is 8.87. The van der Waals surface area contributed by atoms with Crippen LogP contribution < -0.4 is 4.74 Å². The van der Waals surface area contributed by atoms with E-state index in [-0.39, 0.29) is 28.4 Å². The Morgan fingerprint density at radius 2 is 1.77 bits per heavy atom. The molecule has 0 heterocycles. The van der Waals surface area contributed by atoms with Crippen molar-refractivity contribution >= 4 is 12.1 Å². The summed E-state index contributed by atoms with van der Waals surface area (Å²) in [5, 5.41) is 9.76. The molecule has 0 aliphatic carbocycles. The summed E-state index contributed by atoms with van der Waals surface area (Å²) in [7, 11) is 1.38. The number of phenols is 1. The lowest BCUT2D eigenvalue weighted by Gasteiger charge is -2.11. The van der Waals surface area contributed by atoms with Crippen molar-refractivity contribution in [3.63, 3.8) is 0 Å². The van der Waals surface area contributed by atoms with E-state index in [4.69, 9.17) is 4.74 Å². The van der Waals surface area contributed by atoms with Crippen LogP contribution in [-0.4, -0.2) is 24.3 Å². The zero-order valence-corrected chi connectivity index (χ0v) is 13.6. The fraction of sp³-hybridized carbons (Fsp3) is 0.556. The third kappa shape index (κ3) is 5.17. The number of benzene rings is 1. The number of hydrogen-bond acceptors (Lipinski definition) is 4. The van der Waals surface area contributed by atoms with Crippen LogP contribution in [-0.2, 0) is 0 Å². The number of aromatic hydroxyl groups is 1. The van der Waals surface area contributed by atoms with Gasteiger partial charge in [-0.05, 0) is 18.6 Å². The minimum absolute atomic E-state index is 0.0949. The molecule has 0 amide bonds. The van der Waals surface area contributed by atoms with Crippen molar-refractivity contribution in [2.24, 2.45) is 0 Å². The lowest BCUT2D eigenvalue weighted by Crippen LogP contribution is -2.06. The SMILES string of the molecule is CCCCCCCCCC(=O)c1c(C=O)ccc(O)c1OC. The monoisotopic (exact) mass is 306 g/mol. The maximum absolute atomic E-state index is 12.3. The number of ketones is 1. The first kappa shape index (κ1) is 18.2. The maximum atomic E-state index is 12.3. The third-order valence-electron chi connectivity index (χ3n) is 3.79. The first-order chi connectivity index (χ1) is 10.7. The molecule has 0 unspecified atom stereocenters. The van der Waals surface area contributed by atoms with Gasteiger partial charge >= 0.3 is 0 Å². The van der Waals surface area contributed by atoms with E-state index in [9.17, 15) is 14.7 Å². The van der Waals surface area contributed by atoms with E-state index in [0.29, 0.717) is 12.7 Å². The van der Waals surface area contributed by atoms with Crippen molar-refractivity contribution in [3.8, 4) is 11.5 Å². The molecule has 0 bridgehead atoms. The fourth-order valence-electron chi connectivity index (χ4n) is 2.55. The van der Waals surface area contributed by atoms with E-state index in [1.165, 1.54) is 44.9 Å². The first-order valence-electron chi connectivity index (χ1n) is 8.04. The molecule has 1 rings (SSSR count). The van der Waals surface area contributed by atoms with Crippen LogP contribution in [0.1, 0.15) is 79.0 Å². The predicted molar refractivity (Wildman–Crippen MR) is 87.0 cm³/mol. The van der Waals surface area contributed by atoms with Crippen molar-refractivity contribution in [2.75, 3.05) is 7.11 Å². The number of carbonyl (C=O) groups is 2. The topological polar surface area (TPSA) is 63.6 Å². The summed E-state index contributed by atoms with van der Waals surface area (Å²) in [6.45, 7) is 2.19. The summed E-state index contributed by atoms with van der Waals surface area (Å²) in [6, 6.07) is 2.82. The van der Waals surface area contributed by atoms with Gasteiger partial charge in [-0.3, -0.25) is 9.59 Å². The Balaban J connectivity index is 2.58. The number of methoxy groups -OCH3 is 1. The van der Waals surface area contributed by atoms with Crippen molar-refractivity contribution < 1.29 is 19.4 Å². The predicted octanol–water partition coefficient (Wildman–Crippen LogP) is 4.54. The highest BCUT2D eigenvalue weighted by Crippen LogP contribution is 2.33. The fourth-order valence-corrected chi connectivity index (χ4v) is 2.55. The molecule has 0 radical (unpaired) electrons. The smallest absolute Gasteiger partial charge is 0.171 e. The number of rotatable bonds is 11. The van der Waals surface area contributed by atoms with Crippen molar-refractivity contribution in [3.05, 3.63) is 23.3 Å². The van der Waals surface area contributed by atoms with E-state index in [1.54, 1.807) is 0 Å². The van der Waals surface area contributed by atoms with Crippen LogP contribution >= 0.6 is 0 Å². The molecule has 0 aliphatic heterocycles. The Hall–Kier alpha value is -1.84. The van der Waals surface area contributed by atoms with Crippen molar-refractivity contribution in [1.29, 1.82) is 0 Å². The van der Waals surface area contributed by atoms with Gasteiger partial charge in [0.1, 0.15) is 0 Å². The van der Waals surface area contributed by atoms with E-state index in [2.05, 4.69) is 6.92 Å². The van der Waals surface area contributed by atoms with Crippen LogP contribution in [0.4, 0.5) is 0 Å². The van der Waals surface area contributed by atoms with Crippen molar-refractivity contribution in [1.82, 2.24) is 0 Å². The van der Waals surface area contributed by atoms with Crippen molar-refractivity contribution in [2.45, 2.75) is 58.3 Å². The number of ether oxygens (including phenoxy) is 1. The van der Waals surface area contributed by atoms with E-state index in [0.717, 1.165) is 19.3 Å². The molecule has 1 aromatic rings. The lowest BCUT2D eigenvalue weighted by atomic mass is 9.98. The Kier molecular flexibility index (Phi) is 8.26. The summed E-state index contributed by atoms with van der Waals surface area (Å²) in [5.74, 6) is -0.169.